The molecule has 522 valence electrons. The summed E-state index contributed by atoms with van der Waals surface area (Å²) in [6.45, 7) is 4.79. The second-order valence-corrected chi connectivity index (χ2v) is 30.4. The predicted octanol–water partition coefficient (Wildman–Crippen LogP) is 29.4. The van der Waals surface area contributed by atoms with E-state index in [9.17, 15) is 0 Å². The van der Waals surface area contributed by atoms with Crippen LogP contribution in [0.15, 0.2) is 394 Å². The lowest BCUT2D eigenvalue weighted by molar-refractivity contribution is 0.661. The van der Waals surface area contributed by atoms with Crippen LogP contribution in [0.5, 0.6) is 0 Å². The van der Waals surface area contributed by atoms with Gasteiger partial charge in [0.25, 0.3) is 0 Å². The third kappa shape index (κ3) is 10.1. The van der Waals surface area contributed by atoms with Crippen molar-refractivity contribution in [3.63, 3.8) is 0 Å². The predicted molar refractivity (Wildman–Crippen MR) is 472 cm³/mol. The normalized spacial score (nSPS) is 12.4. The van der Waals surface area contributed by atoms with Crippen LogP contribution in [0, 0.1) is 0 Å². The van der Waals surface area contributed by atoms with E-state index in [1.165, 1.54) is 104 Å². The van der Waals surface area contributed by atoms with E-state index in [1.54, 1.807) is 0 Å². The molecular formula is C109H71N3. The highest BCUT2D eigenvalue weighted by Gasteiger charge is 2.37. The molecule has 1 aliphatic carbocycles. The Balaban J connectivity index is 0.948. The number of para-hydroxylation sites is 1. The van der Waals surface area contributed by atoms with Crippen LogP contribution in [-0.2, 0) is 5.41 Å². The first-order valence-electron chi connectivity index (χ1n) is 38.9. The van der Waals surface area contributed by atoms with Gasteiger partial charge in [-0.1, -0.05) is 366 Å². The molecule has 3 heteroatoms. The highest BCUT2D eigenvalue weighted by molar-refractivity contribution is 6.46. The Bertz CT molecular complexity index is 7260. The van der Waals surface area contributed by atoms with Crippen molar-refractivity contribution < 1.29 is 0 Å². The third-order valence-electron chi connectivity index (χ3n) is 23.9. The zero-order valence-corrected chi connectivity index (χ0v) is 61.9. The topological polar surface area (TPSA) is 30.7 Å². The molecule has 0 spiro atoms. The largest absolute Gasteiger partial charge is 0.309 e. The molecule has 112 heavy (non-hydrogen) atoms. The quantitative estimate of drug-likeness (QED) is 0.0902. The molecule has 21 aromatic rings. The molecule has 0 saturated carbocycles. The fraction of sp³-hybridized carbons (Fsp3) is 0.0275. The van der Waals surface area contributed by atoms with Crippen LogP contribution in [0.4, 0.5) is 0 Å². The minimum Gasteiger partial charge on any atom is -0.309 e. The summed E-state index contributed by atoms with van der Waals surface area (Å²) in [5.41, 5.74) is 31.5. The van der Waals surface area contributed by atoms with E-state index < -0.39 is 0 Å². The summed E-state index contributed by atoms with van der Waals surface area (Å²) in [6, 6.07) is 147. The lowest BCUT2D eigenvalue weighted by Crippen LogP contribution is -2.14. The highest BCUT2D eigenvalue weighted by atomic mass is 15.0. The van der Waals surface area contributed by atoms with Crippen LogP contribution in [-0.4, -0.2) is 14.5 Å². The molecule has 0 N–H and O–H groups in total. The van der Waals surface area contributed by atoms with Crippen LogP contribution in [0.25, 0.3) is 215 Å². The van der Waals surface area contributed by atoms with Crippen LogP contribution in [0.2, 0.25) is 0 Å². The molecule has 2 aromatic heterocycles. The SMILES string of the molecule is CC1(C)c2ccccc2-c2cc3c4ccccc4n(-c4cccc(-c5c(-c6ccccc6)c(-c6ccccc6)c(-c6cccc(-c7nc(-c8ccccc8)cc(-c8ccccc8)n7)c6)c6c7cccc8c9c(-c%10ccccc%10)c(-c%10ccccc%10)c(-c%10ccccc%10)c(-c%10ccccc%10)c9c9cccc(c56)c9c87)c4)c3cc21. The van der Waals surface area contributed by atoms with Crippen molar-refractivity contribution >= 4 is 75.7 Å². The molecular weight excluding hydrogens is 1350 g/mol. The molecule has 0 radical (unpaired) electrons. The van der Waals surface area contributed by atoms with E-state index in [0.29, 0.717) is 5.82 Å². The molecule has 0 aliphatic heterocycles. The maximum absolute atomic E-state index is 5.54. The number of aromatic nitrogens is 3. The van der Waals surface area contributed by atoms with Gasteiger partial charge in [0.05, 0.1) is 22.4 Å². The van der Waals surface area contributed by atoms with Crippen molar-refractivity contribution in [3.05, 3.63) is 405 Å². The fourth-order valence-electron chi connectivity index (χ4n) is 19.1. The van der Waals surface area contributed by atoms with Gasteiger partial charge in [-0.25, -0.2) is 9.97 Å². The summed E-state index contributed by atoms with van der Waals surface area (Å²) >= 11 is 0. The molecule has 22 rings (SSSR count). The van der Waals surface area contributed by atoms with Gasteiger partial charge in [0, 0.05) is 38.6 Å². The molecule has 2 heterocycles. The van der Waals surface area contributed by atoms with E-state index >= 15 is 0 Å². The van der Waals surface area contributed by atoms with Crippen molar-refractivity contribution in [1.82, 2.24) is 14.5 Å². The Labute approximate surface area is 650 Å². The lowest BCUT2D eigenvalue weighted by Gasteiger charge is -2.29. The van der Waals surface area contributed by atoms with Crippen LogP contribution in [0.1, 0.15) is 25.0 Å². The van der Waals surface area contributed by atoms with Gasteiger partial charge in [-0.2, -0.15) is 0 Å². The maximum Gasteiger partial charge on any atom is 0.160 e. The first-order valence-corrected chi connectivity index (χ1v) is 38.9. The number of nitrogens with zero attached hydrogens (tertiary/aromatic N) is 3. The van der Waals surface area contributed by atoms with Crippen LogP contribution < -0.4 is 0 Å². The Hall–Kier alpha value is -14.4. The Kier molecular flexibility index (Phi) is 15.0. The lowest BCUT2D eigenvalue weighted by atomic mass is 9.73. The van der Waals surface area contributed by atoms with Gasteiger partial charge in [0.1, 0.15) is 0 Å². The minimum atomic E-state index is -0.212. The monoisotopic (exact) mass is 1420 g/mol. The smallest absolute Gasteiger partial charge is 0.160 e. The van der Waals surface area contributed by atoms with Gasteiger partial charge < -0.3 is 4.57 Å². The number of hydrogen-bond donors (Lipinski definition) is 0. The number of benzene rings is 19. The molecule has 1 aliphatic rings. The van der Waals surface area contributed by atoms with E-state index in [2.05, 4.69) is 413 Å². The van der Waals surface area contributed by atoms with Crippen molar-refractivity contribution in [1.29, 1.82) is 0 Å². The number of fused-ring (bicyclic) bond motifs is 12. The third-order valence-corrected chi connectivity index (χ3v) is 23.9. The zero-order chi connectivity index (χ0) is 74.1. The molecule has 0 atom stereocenters. The first-order chi connectivity index (χ1) is 55.4. The summed E-state index contributed by atoms with van der Waals surface area (Å²) < 4.78 is 2.55. The Morgan fingerprint density at radius 3 is 0.982 bits per heavy atom. The fourth-order valence-corrected chi connectivity index (χ4v) is 19.1. The average Bonchev–Trinajstić information content (AvgIpc) is 0.816. The summed E-state index contributed by atoms with van der Waals surface area (Å²) in [7, 11) is 0. The van der Waals surface area contributed by atoms with Gasteiger partial charge in [0.15, 0.2) is 5.82 Å². The Morgan fingerprint density at radius 2 is 0.536 bits per heavy atom. The molecule has 0 amide bonds. The minimum absolute atomic E-state index is 0.212. The van der Waals surface area contributed by atoms with Crippen LogP contribution >= 0.6 is 0 Å². The van der Waals surface area contributed by atoms with E-state index in [0.717, 1.165) is 117 Å². The summed E-state index contributed by atoms with van der Waals surface area (Å²) in [4.78, 5) is 11.1. The molecule has 19 aromatic carbocycles. The van der Waals surface area contributed by atoms with Crippen molar-refractivity contribution in [3.8, 4) is 140 Å². The van der Waals surface area contributed by atoms with Gasteiger partial charge >= 0.3 is 0 Å². The second kappa shape index (κ2) is 25.9. The van der Waals surface area contributed by atoms with Crippen molar-refractivity contribution in [2.75, 3.05) is 0 Å². The summed E-state index contributed by atoms with van der Waals surface area (Å²) in [6.07, 6.45) is 0. The van der Waals surface area contributed by atoms with E-state index in [1.807, 2.05) is 0 Å². The summed E-state index contributed by atoms with van der Waals surface area (Å²) in [5.74, 6) is 0.646. The van der Waals surface area contributed by atoms with Crippen molar-refractivity contribution in [2.45, 2.75) is 19.3 Å². The average molecular weight is 1420 g/mol. The number of rotatable bonds is 12. The Morgan fingerprint density at radius 1 is 0.205 bits per heavy atom. The van der Waals surface area contributed by atoms with Crippen molar-refractivity contribution in [2.24, 2.45) is 0 Å². The number of hydrogen-bond acceptors (Lipinski definition) is 2. The standard InChI is InChI=1S/C109H71N3/c1-109(2)88-61-29-27-55-80(88)86-65-87-81-56-28-30-62-92(81)112(93(87)66-89(86)109)79-54-32-52-77(64-79)101-97(73-45-21-8-22-46-73)96(72-43-19-7-20-44-72)100(76-51-31-53-78(63-76)108-110-90(68-35-11-3-12-36-68)67-91(111-108)69-37-13-4-14-38-69)106-84-59-33-57-82-102(84)103-83(58-34-60-85(103)107(101)106)105-99(75-49-25-10-26-50-75)95(71-41-17-6-18-42-71)94(70-39-15-5-16-40-70)98(104(82)105)74-47-23-9-24-48-74/h3-67H,1-2H3. The van der Waals surface area contributed by atoms with Gasteiger partial charge in [0.2, 0.25) is 0 Å². The second-order valence-electron chi connectivity index (χ2n) is 30.4. The molecule has 0 unspecified atom stereocenters. The van der Waals surface area contributed by atoms with E-state index in [-0.39, 0.29) is 5.41 Å². The molecule has 0 fully saturated rings. The molecule has 0 saturated heterocycles. The van der Waals surface area contributed by atoms with Crippen LogP contribution in [0.3, 0.4) is 0 Å². The van der Waals surface area contributed by atoms with Gasteiger partial charge in [-0.3, -0.25) is 0 Å². The zero-order valence-electron chi connectivity index (χ0n) is 61.9. The van der Waals surface area contributed by atoms with E-state index in [4.69, 9.17) is 9.97 Å². The maximum atomic E-state index is 5.54. The highest BCUT2D eigenvalue weighted by Crippen LogP contribution is 2.61. The summed E-state index contributed by atoms with van der Waals surface area (Å²) in [5, 5.41) is 14.4. The first kappa shape index (κ1) is 64.8. The molecule has 0 bridgehead atoms. The molecule has 3 nitrogen and oxygen atoms in total. The van der Waals surface area contributed by atoms with Gasteiger partial charge in [-0.15, -0.1) is 0 Å². The van der Waals surface area contributed by atoms with Gasteiger partial charge in [-0.05, 0) is 208 Å².